The highest BCUT2D eigenvalue weighted by Crippen LogP contribution is 2.27. The fourth-order valence-corrected chi connectivity index (χ4v) is 2.03. The van der Waals surface area contributed by atoms with Crippen LogP contribution in [0.2, 0.25) is 5.02 Å². The van der Waals surface area contributed by atoms with E-state index in [0.717, 1.165) is 22.7 Å². The molecule has 0 saturated heterocycles. The molecular formula is C13H14ClN3. The Morgan fingerprint density at radius 2 is 1.94 bits per heavy atom. The van der Waals surface area contributed by atoms with Crippen LogP contribution < -0.4 is 5.32 Å². The van der Waals surface area contributed by atoms with Crippen molar-refractivity contribution in [3.05, 3.63) is 59.1 Å². The van der Waals surface area contributed by atoms with Gasteiger partial charge in [-0.15, -0.1) is 0 Å². The van der Waals surface area contributed by atoms with Crippen molar-refractivity contribution < 1.29 is 0 Å². The number of benzene rings is 1. The van der Waals surface area contributed by atoms with E-state index in [-0.39, 0.29) is 6.04 Å². The minimum absolute atomic E-state index is 0.0369. The molecule has 1 atom stereocenters. The van der Waals surface area contributed by atoms with E-state index >= 15 is 0 Å². The Labute approximate surface area is 106 Å². The first-order chi connectivity index (χ1) is 8.33. The Morgan fingerprint density at radius 3 is 2.59 bits per heavy atom. The van der Waals surface area contributed by atoms with Crippen LogP contribution >= 0.6 is 11.6 Å². The third-order valence-corrected chi connectivity index (χ3v) is 2.88. The molecule has 0 amide bonds. The highest BCUT2D eigenvalue weighted by atomic mass is 35.5. The lowest BCUT2D eigenvalue weighted by atomic mass is 10.0. The average molecular weight is 248 g/mol. The van der Waals surface area contributed by atoms with Gasteiger partial charge in [0.25, 0.3) is 0 Å². The minimum atomic E-state index is 0.0369. The monoisotopic (exact) mass is 247 g/mol. The molecule has 4 heteroatoms. The maximum Gasteiger partial charge on any atom is 0.115 e. The van der Waals surface area contributed by atoms with Gasteiger partial charge in [-0.05, 0) is 18.2 Å². The summed E-state index contributed by atoms with van der Waals surface area (Å²) >= 11 is 6.22. The number of hydrogen-bond donors (Lipinski definition) is 1. The van der Waals surface area contributed by atoms with E-state index in [1.54, 1.807) is 0 Å². The van der Waals surface area contributed by atoms with Gasteiger partial charge in [0, 0.05) is 23.0 Å². The fraction of sp³-hybridized carbons (Fsp3) is 0.231. The van der Waals surface area contributed by atoms with Gasteiger partial charge in [0.05, 0.1) is 6.04 Å². The summed E-state index contributed by atoms with van der Waals surface area (Å²) in [5.41, 5.74) is 2.06. The Morgan fingerprint density at radius 1 is 1.24 bits per heavy atom. The summed E-state index contributed by atoms with van der Waals surface area (Å²) in [5.74, 6) is 0. The van der Waals surface area contributed by atoms with Crippen molar-refractivity contribution in [2.75, 3.05) is 6.54 Å². The molecular weight excluding hydrogens is 234 g/mol. The van der Waals surface area contributed by atoms with Crippen molar-refractivity contribution in [2.45, 2.75) is 13.0 Å². The predicted molar refractivity (Wildman–Crippen MR) is 69.0 cm³/mol. The van der Waals surface area contributed by atoms with E-state index in [4.69, 9.17) is 11.6 Å². The van der Waals surface area contributed by atoms with Gasteiger partial charge in [-0.25, -0.2) is 9.97 Å². The summed E-state index contributed by atoms with van der Waals surface area (Å²) in [6.45, 7) is 2.92. The lowest BCUT2D eigenvalue weighted by molar-refractivity contribution is 0.626. The smallest absolute Gasteiger partial charge is 0.115 e. The van der Waals surface area contributed by atoms with Crippen molar-refractivity contribution >= 4 is 11.6 Å². The molecule has 3 nitrogen and oxygen atoms in total. The van der Waals surface area contributed by atoms with Crippen molar-refractivity contribution in [2.24, 2.45) is 0 Å². The predicted octanol–water partition coefficient (Wildman–Crippen LogP) is 2.83. The van der Waals surface area contributed by atoms with Gasteiger partial charge in [0.2, 0.25) is 0 Å². The van der Waals surface area contributed by atoms with Crippen LogP contribution in [-0.4, -0.2) is 16.5 Å². The van der Waals surface area contributed by atoms with Crippen molar-refractivity contribution in [1.29, 1.82) is 0 Å². The zero-order chi connectivity index (χ0) is 12.1. The van der Waals surface area contributed by atoms with Crippen LogP contribution in [0, 0.1) is 0 Å². The second-order valence-electron chi connectivity index (χ2n) is 3.68. The van der Waals surface area contributed by atoms with E-state index < -0.39 is 0 Å². The van der Waals surface area contributed by atoms with Crippen molar-refractivity contribution in [3.8, 4) is 0 Å². The topological polar surface area (TPSA) is 37.8 Å². The van der Waals surface area contributed by atoms with Crippen molar-refractivity contribution in [3.63, 3.8) is 0 Å². The second kappa shape index (κ2) is 5.75. The molecule has 1 N–H and O–H groups in total. The normalized spacial score (nSPS) is 12.4. The molecule has 1 unspecified atom stereocenters. The zero-order valence-electron chi connectivity index (χ0n) is 9.60. The lowest BCUT2D eigenvalue weighted by Gasteiger charge is -2.19. The molecule has 0 aliphatic heterocycles. The van der Waals surface area contributed by atoms with E-state index in [0.29, 0.717) is 0 Å². The molecule has 0 bridgehead atoms. The second-order valence-corrected chi connectivity index (χ2v) is 4.09. The number of nitrogens with one attached hydrogen (secondary N) is 1. The van der Waals surface area contributed by atoms with Gasteiger partial charge in [0.15, 0.2) is 0 Å². The highest BCUT2D eigenvalue weighted by molar-refractivity contribution is 6.31. The number of hydrogen-bond acceptors (Lipinski definition) is 3. The van der Waals surface area contributed by atoms with Gasteiger partial charge < -0.3 is 5.32 Å². The summed E-state index contributed by atoms with van der Waals surface area (Å²) < 4.78 is 0. The first-order valence-electron chi connectivity index (χ1n) is 5.55. The summed E-state index contributed by atoms with van der Waals surface area (Å²) in [4.78, 5) is 8.10. The Kier molecular flexibility index (Phi) is 4.07. The number of nitrogens with zero attached hydrogens (tertiary/aromatic N) is 2. The minimum Gasteiger partial charge on any atom is -0.306 e. The molecule has 0 saturated carbocycles. The molecule has 17 heavy (non-hydrogen) atoms. The van der Waals surface area contributed by atoms with Crippen LogP contribution in [0.1, 0.15) is 24.1 Å². The number of aromatic nitrogens is 2. The van der Waals surface area contributed by atoms with E-state index in [9.17, 15) is 0 Å². The largest absolute Gasteiger partial charge is 0.306 e. The van der Waals surface area contributed by atoms with Gasteiger partial charge >= 0.3 is 0 Å². The molecule has 0 radical (unpaired) electrons. The summed E-state index contributed by atoms with van der Waals surface area (Å²) in [5, 5.41) is 4.14. The molecule has 2 rings (SSSR count). The molecule has 0 aliphatic rings. The molecule has 1 aromatic heterocycles. The van der Waals surface area contributed by atoms with Crippen LogP contribution in [0.5, 0.6) is 0 Å². The summed E-state index contributed by atoms with van der Waals surface area (Å²) in [6, 6.07) is 7.86. The third-order valence-electron chi connectivity index (χ3n) is 2.54. The standard InChI is InChI=1S/C13H14ClN3/c1-2-17-13(10-7-15-9-16-8-10)11-5-3-4-6-12(11)14/h3-9,13,17H,2H2,1H3. The maximum absolute atomic E-state index is 6.22. The Bertz CT molecular complexity index is 473. The van der Waals surface area contributed by atoms with Gasteiger partial charge in [-0.3, -0.25) is 0 Å². The zero-order valence-corrected chi connectivity index (χ0v) is 10.4. The average Bonchev–Trinajstić information content (AvgIpc) is 2.38. The lowest BCUT2D eigenvalue weighted by Crippen LogP contribution is -2.22. The first kappa shape index (κ1) is 12.0. The number of halogens is 1. The number of rotatable bonds is 4. The Hall–Kier alpha value is -1.45. The third kappa shape index (κ3) is 2.81. The van der Waals surface area contributed by atoms with Gasteiger partial charge in [-0.1, -0.05) is 36.7 Å². The molecule has 1 heterocycles. The molecule has 2 aromatic rings. The van der Waals surface area contributed by atoms with Crippen molar-refractivity contribution in [1.82, 2.24) is 15.3 Å². The summed E-state index contributed by atoms with van der Waals surface area (Å²) in [6.07, 6.45) is 5.15. The fourth-order valence-electron chi connectivity index (χ4n) is 1.78. The van der Waals surface area contributed by atoms with Crippen LogP contribution in [0.15, 0.2) is 43.0 Å². The van der Waals surface area contributed by atoms with Gasteiger partial charge in [0.1, 0.15) is 6.33 Å². The van der Waals surface area contributed by atoms with Crippen LogP contribution in [0.4, 0.5) is 0 Å². The quantitative estimate of drug-likeness (QED) is 0.903. The molecule has 0 fully saturated rings. The van der Waals surface area contributed by atoms with Crippen LogP contribution in [0.25, 0.3) is 0 Å². The van der Waals surface area contributed by atoms with Crippen LogP contribution in [0.3, 0.4) is 0 Å². The van der Waals surface area contributed by atoms with E-state index in [1.807, 2.05) is 36.7 Å². The molecule has 1 aromatic carbocycles. The van der Waals surface area contributed by atoms with Crippen LogP contribution in [-0.2, 0) is 0 Å². The Balaban J connectivity index is 2.39. The molecule has 88 valence electrons. The highest BCUT2D eigenvalue weighted by Gasteiger charge is 2.15. The first-order valence-corrected chi connectivity index (χ1v) is 5.93. The molecule has 0 spiro atoms. The summed E-state index contributed by atoms with van der Waals surface area (Å²) in [7, 11) is 0. The maximum atomic E-state index is 6.22. The molecule has 0 aliphatic carbocycles. The van der Waals surface area contributed by atoms with E-state index in [1.165, 1.54) is 6.33 Å². The van der Waals surface area contributed by atoms with E-state index in [2.05, 4.69) is 22.2 Å². The van der Waals surface area contributed by atoms with Gasteiger partial charge in [-0.2, -0.15) is 0 Å². The SMILES string of the molecule is CCNC(c1cncnc1)c1ccccc1Cl.